The van der Waals surface area contributed by atoms with Gasteiger partial charge in [0.15, 0.2) is 5.65 Å². The molecule has 198 valence electrons. The Morgan fingerprint density at radius 3 is 2.90 bits per heavy atom. The van der Waals surface area contributed by atoms with E-state index in [0.717, 1.165) is 10.9 Å². The minimum atomic E-state index is -0.410. The van der Waals surface area contributed by atoms with Crippen LogP contribution in [0, 0.1) is 5.82 Å². The highest BCUT2D eigenvalue weighted by molar-refractivity contribution is 9.10. The van der Waals surface area contributed by atoms with E-state index in [2.05, 4.69) is 36.3 Å². The second kappa shape index (κ2) is 10.8. The molecule has 1 fully saturated rings. The summed E-state index contributed by atoms with van der Waals surface area (Å²) in [4.78, 5) is 19.6. The number of benzene rings is 2. The third-order valence-electron chi connectivity index (χ3n) is 6.51. The first kappa shape index (κ1) is 25.6. The first-order valence-electron chi connectivity index (χ1n) is 12.3. The van der Waals surface area contributed by atoms with Crippen LogP contribution in [0.3, 0.4) is 0 Å². The van der Waals surface area contributed by atoms with Gasteiger partial charge in [0.1, 0.15) is 11.5 Å². The lowest BCUT2D eigenvalue weighted by atomic mass is 10.1. The van der Waals surface area contributed by atoms with E-state index in [1.54, 1.807) is 40.3 Å². The van der Waals surface area contributed by atoms with Crippen molar-refractivity contribution >= 4 is 44.5 Å². The van der Waals surface area contributed by atoms with E-state index in [9.17, 15) is 9.18 Å². The Morgan fingerprint density at radius 2 is 2.05 bits per heavy atom. The SMILES string of the molecule is O=C(c1cnc2c(cnn2Cc2cccc(Cl)c2)c1)N1CCOC(Cc2cn(-c3c(F)cccc3Br)nn2)C1. The molecule has 1 amide bonds. The normalized spacial score (nSPS) is 15.7. The van der Waals surface area contributed by atoms with Gasteiger partial charge in [-0.25, -0.2) is 18.7 Å². The summed E-state index contributed by atoms with van der Waals surface area (Å²) in [5.74, 6) is -0.536. The number of rotatable bonds is 6. The van der Waals surface area contributed by atoms with Crippen LogP contribution in [0.15, 0.2) is 71.6 Å². The van der Waals surface area contributed by atoms with Gasteiger partial charge in [-0.15, -0.1) is 5.10 Å². The van der Waals surface area contributed by atoms with E-state index in [1.165, 1.54) is 10.7 Å². The van der Waals surface area contributed by atoms with Gasteiger partial charge >= 0.3 is 0 Å². The molecule has 3 aromatic heterocycles. The number of hydrogen-bond donors (Lipinski definition) is 0. The minimum Gasteiger partial charge on any atom is -0.374 e. The first-order valence-corrected chi connectivity index (χ1v) is 13.4. The average molecular weight is 611 g/mol. The van der Waals surface area contributed by atoms with Gasteiger partial charge in [0, 0.05) is 40.6 Å². The van der Waals surface area contributed by atoms with Gasteiger partial charge in [0.2, 0.25) is 0 Å². The fraction of sp³-hybridized carbons (Fsp3) is 0.222. The molecule has 1 aliphatic heterocycles. The number of carbonyl (C=O) groups is 1. The van der Waals surface area contributed by atoms with Crippen molar-refractivity contribution in [1.82, 2.24) is 34.7 Å². The number of halogens is 3. The highest BCUT2D eigenvalue weighted by atomic mass is 79.9. The summed E-state index contributed by atoms with van der Waals surface area (Å²) >= 11 is 9.47. The van der Waals surface area contributed by atoms with Crippen molar-refractivity contribution in [1.29, 1.82) is 0 Å². The lowest BCUT2D eigenvalue weighted by molar-refractivity contribution is -0.0212. The Bertz CT molecular complexity index is 1650. The van der Waals surface area contributed by atoms with Crippen LogP contribution in [0.2, 0.25) is 5.02 Å². The van der Waals surface area contributed by atoms with E-state index < -0.39 is 5.82 Å². The van der Waals surface area contributed by atoms with E-state index in [4.69, 9.17) is 16.3 Å². The van der Waals surface area contributed by atoms with E-state index in [-0.39, 0.29) is 17.7 Å². The molecular weight excluding hydrogens is 589 g/mol. The van der Waals surface area contributed by atoms with Crippen LogP contribution in [-0.4, -0.2) is 66.4 Å². The summed E-state index contributed by atoms with van der Waals surface area (Å²) in [5.41, 5.74) is 3.11. The van der Waals surface area contributed by atoms with Crippen LogP contribution in [-0.2, 0) is 17.7 Å². The van der Waals surface area contributed by atoms with E-state index in [0.29, 0.717) is 59.1 Å². The number of nitrogens with zero attached hydrogens (tertiary/aromatic N) is 7. The lowest BCUT2D eigenvalue weighted by Crippen LogP contribution is -2.46. The lowest BCUT2D eigenvalue weighted by Gasteiger charge is -2.32. The minimum absolute atomic E-state index is 0.126. The van der Waals surface area contributed by atoms with Crippen molar-refractivity contribution in [2.45, 2.75) is 19.1 Å². The highest BCUT2D eigenvalue weighted by Crippen LogP contribution is 2.24. The summed E-state index contributed by atoms with van der Waals surface area (Å²) in [5, 5.41) is 14.2. The van der Waals surface area contributed by atoms with Crippen LogP contribution < -0.4 is 0 Å². The van der Waals surface area contributed by atoms with Gasteiger partial charge in [-0.2, -0.15) is 5.10 Å². The molecule has 5 aromatic rings. The van der Waals surface area contributed by atoms with Crippen LogP contribution >= 0.6 is 27.5 Å². The molecule has 1 saturated heterocycles. The quantitative estimate of drug-likeness (QED) is 0.277. The van der Waals surface area contributed by atoms with Gasteiger partial charge in [-0.1, -0.05) is 35.0 Å². The molecule has 1 unspecified atom stereocenters. The largest absolute Gasteiger partial charge is 0.374 e. The molecule has 6 rings (SSSR count). The first-order chi connectivity index (χ1) is 18.9. The molecule has 39 heavy (non-hydrogen) atoms. The Labute approximate surface area is 236 Å². The molecule has 0 saturated carbocycles. The number of fused-ring (bicyclic) bond motifs is 1. The van der Waals surface area contributed by atoms with Crippen molar-refractivity contribution < 1.29 is 13.9 Å². The molecule has 0 N–H and O–H groups in total. The van der Waals surface area contributed by atoms with E-state index in [1.807, 2.05) is 30.3 Å². The summed E-state index contributed by atoms with van der Waals surface area (Å²) in [6.07, 6.45) is 5.14. The van der Waals surface area contributed by atoms with Crippen molar-refractivity contribution in [2.24, 2.45) is 0 Å². The van der Waals surface area contributed by atoms with Crippen molar-refractivity contribution in [3.8, 4) is 5.69 Å². The van der Waals surface area contributed by atoms with E-state index >= 15 is 0 Å². The summed E-state index contributed by atoms with van der Waals surface area (Å²) in [7, 11) is 0. The molecule has 2 aromatic carbocycles. The maximum Gasteiger partial charge on any atom is 0.255 e. The van der Waals surface area contributed by atoms with Gasteiger partial charge < -0.3 is 9.64 Å². The number of hydrogen-bond acceptors (Lipinski definition) is 6. The third-order valence-corrected chi connectivity index (χ3v) is 7.39. The van der Waals surface area contributed by atoms with Gasteiger partial charge in [-0.05, 0) is 51.8 Å². The van der Waals surface area contributed by atoms with Crippen LogP contribution in [0.5, 0.6) is 0 Å². The topological polar surface area (TPSA) is 91.0 Å². The molecule has 0 bridgehead atoms. The zero-order valence-electron chi connectivity index (χ0n) is 20.5. The Balaban J connectivity index is 1.14. The number of para-hydroxylation sites is 1. The van der Waals surface area contributed by atoms with Gasteiger partial charge in [-0.3, -0.25) is 4.79 Å². The predicted octanol–water partition coefficient (Wildman–Crippen LogP) is 4.70. The fourth-order valence-electron chi connectivity index (χ4n) is 4.66. The second-order valence-electron chi connectivity index (χ2n) is 9.24. The molecule has 12 heteroatoms. The number of ether oxygens (including phenoxy) is 1. The summed E-state index contributed by atoms with van der Waals surface area (Å²) in [6.45, 7) is 1.78. The Kier molecular flexibility index (Phi) is 7.11. The number of carbonyl (C=O) groups excluding carboxylic acids is 1. The van der Waals surface area contributed by atoms with Gasteiger partial charge in [0.05, 0.1) is 42.9 Å². The average Bonchev–Trinajstić information content (AvgIpc) is 3.55. The molecule has 0 aliphatic carbocycles. The molecule has 4 heterocycles. The molecule has 9 nitrogen and oxygen atoms in total. The fourth-order valence-corrected chi connectivity index (χ4v) is 5.40. The maximum atomic E-state index is 14.3. The maximum absolute atomic E-state index is 14.3. The molecule has 0 spiro atoms. The number of amides is 1. The molecule has 1 aliphatic rings. The summed E-state index contributed by atoms with van der Waals surface area (Å²) < 4.78 is 24.0. The van der Waals surface area contributed by atoms with Crippen LogP contribution in [0.25, 0.3) is 16.7 Å². The predicted molar refractivity (Wildman–Crippen MR) is 146 cm³/mol. The van der Waals surface area contributed by atoms with Crippen molar-refractivity contribution in [3.63, 3.8) is 0 Å². The third kappa shape index (κ3) is 5.42. The number of aromatic nitrogens is 6. The molecule has 1 atom stereocenters. The number of morpholine rings is 1. The Hall–Kier alpha value is -3.67. The standard InChI is InChI=1S/C27H22BrClFN7O2/c28-23-5-2-6-24(30)25(23)36-15-21(33-34-36)11-22-16-35(7-8-39-22)27(38)19-10-18-13-32-37(26(18)31-12-19)14-17-3-1-4-20(29)9-17/h1-6,9-10,12-13,15,22H,7-8,11,14,16H2. The monoisotopic (exact) mass is 609 g/mol. The van der Waals surface area contributed by atoms with Gasteiger partial charge in [0.25, 0.3) is 5.91 Å². The number of pyridine rings is 1. The Morgan fingerprint density at radius 1 is 1.18 bits per heavy atom. The zero-order chi connectivity index (χ0) is 26.9. The van der Waals surface area contributed by atoms with Crippen molar-refractivity contribution in [2.75, 3.05) is 19.7 Å². The zero-order valence-corrected chi connectivity index (χ0v) is 22.9. The van der Waals surface area contributed by atoms with Crippen molar-refractivity contribution in [3.05, 3.63) is 99.3 Å². The summed E-state index contributed by atoms with van der Waals surface area (Å²) in [6, 6.07) is 14.1. The second-order valence-corrected chi connectivity index (χ2v) is 10.5. The molecule has 0 radical (unpaired) electrons. The highest BCUT2D eigenvalue weighted by Gasteiger charge is 2.27. The van der Waals surface area contributed by atoms with Crippen LogP contribution in [0.4, 0.5) is 4.39 Å². The molecular formula is C27H22BrClFN7O2. The van der Waals surface area contributed by atoms with Crippen LogP contribution in [0.1, 0.15) is 21.6 Å². The smallest absolute Gasteiger partial charge is 0.255 e.